The molecule has 0 spiro atoms. The molecule has 0 aliphatic rings. The van der Waals surface area contributed by atoms with E-state index < -0.39 is 27.9 Å². The van der Waals surface area contributed by atoms with Crippen LogP contribution in [0.3, 0.4) is 0 Å². The number of hydrogen-bond acceptors (Lipinski definition) is 6. The van der Waals surface area contributed by atoms with Crippen molar-refractivity contribution in [2.45, 2.75) is 41.5 Å². The van der Waals surface area contributed by atoms with Crippen molar-refractivity contribution in [3.8, 4) is 5.75 Å². The second-order valence-electron chi connectivity index (χ2n) is 8.48. The number of rotatable bonds is 11. The van der Waals surface area contributed by atoms with E-state index in [4.69, 9.17) is 0 Å². The molecule has 3 aromatic carbocycles. The lowest BCUT2D eigenvalue weighted by Gasteiger charge is -2.27. The number of phenols is 1. The summed E-state index contributed by atoms with van der Waals surface area (Å²) in [4.78, 5) is 0.672. The Kier molecular flexibility index (Phi) is 9.51. The van der Waals surface area contributed by atoms with Crippen LogP contribution in [-0.4, -0.2) is 44.0 Å². The van der Waals surface area contributed by atoms with E-state index in [2.05, 4.69) is 5.32 Å². The van der Waals surface area contributed by atoms with E-state index in [1.165, 1.54) is 30.0 Å². The quantitative estimate of drug-likeness (QED) is 0.274. The number of nitrogens with one attached hydrogen (secondary N) is 1. The van der Waals surface area contributed by atoms with Crippen molar-refractivity contribution in [1.29, 1.82) is 0 Å². The Hall–Kier alpha value is -2.73. The SMILES string of the molecule is CSc1cc(C(O)CNC(C)CCN(c2ccc(C(F)(F)F)cc2)S(=O)(=O)c2ccccc2)ccc1O. The first-order valence-electron chi connectivity index (χ1n) is 11.5. The molecule has 0 bridgehead atoms. The molecule has 2 unspecified atom stereocenters. The van der Waals surface area contributed by atoms with Crippen molar-refractivity contribution in [3.63, 3.8) is 0 Å². The number of anilines is 1. The average Bonchev–Trinajstić information content (AvgIpc) is 2.87. The highest BCUT2D eigenvalue weighted by Crippen LogP contribution is 2.32. The van der Waals surface area contributed by atoms with Crippen molar-refractivity contribution in [2.24, 2.45) is 0 Å². The molecule has 2 atom stereocenters. The molecule has 11 heteroatoms. The summed E-state index contributed by atoms with van der Waals surface area (Å²) < 4.78 is 67.0. The van der Waals surface area contributed by atoms with Gasteiger partial charge in [-0.2, -0.15) is 13.2 Å². The van der Waals surface area contributed by atoms with Crippen molar-refractivity contribution < 1.29 is 31.8 Å². The molecule has 0 saturated carbocycles. The fourth-order valence-corrected chi connectivity index (χ4v) is 5.70. The van der Waals surface area contributed by atoms with E-state index in [0.29, 0.717) is 16.9 Å². The molecule has 0 aliphatic heterocycles. The van der Waals surface area contributed by atoms with Crippen LogP contribution in [0.15, 0.2) is 82.6 Å². The first kappa shape index (κ1) is 28.8. The van der Waals surface area contributed by atoms with Gasteiger partial charge in [0.15, 0.2) is 0 Å². The maximum atomic E-state index is 13.4. The smallest absolute Gasteiger partial charge is 0.416 e. The summed E-state index contributed by atoms with van der Waals surface area (Å²) in [5, 5.41) is 23.6. The number of aliphatic hydroxyl groups excluding tert-OH is 1. The van der Waals surface area contributed by atoms with Crippen LogP contribution >= 0.6 is 11.8 Å². The number of aromatic hydroxyl groups is 1. The number of alkyl halides is 3. The third-order valence-electron chi connectivity index (χ3n) is 5.83. The first-order chi connectivity index (χ1) is 17.4. The van der Waals surface area contributed by atoms with Crippen LogP contribution in [-0.2, 0) is 16.2 Å². The third kappa shape index (κ3) is 7.41. The zero-order valence-electron chi connectivity index (χ0n) is 20.3. The van der Waals surface area contributed by atoms with Gasteiger partial charge in [0, 0.05) is 24.0 Å². The van der Waals surface area contributed by atoms with Crippen LogP contribution in [0.25, 0.3) is 0 Å². The molecule has 0 aliphatic carbocycles. The number of thioether (sulfide) groups is 1. The van der Waals surface area contributed by atoms with Crippen molar-refractivity contribution in [1.82, 2.24) is 5.32 Å². The fourth-order valence-electron chi connectivity index (χ4n) is 3.67. The average molecular weight is 555 g/mol. The van der Waals surface area contributed by atoms with Gasteiger partial charge < -0.3 is 15.5 Å². The van der Waals surface area contributed by atoms with Gasteiger partial charge in [-0.3, -0.25) is 4.31 Å². The Morgan fingerprint density at radius 1 is 1.03 bits per heavy atom. The molecule has 3 N–H and O–H groups in total. The Morgan fingerprint density at radius 3 is 2.27 bits per heavy atom. The number of phenolic OH excluding ortho intramolecular Hbond substituents is 1. The maximum Gasteiger partial charge on any atom is 0.416 e. The van der Waals surface area contributed by atoms with Gasteiger partial charge in [-0.25, -0.2) is 8.42 Å². The zero-order valence-corrected chi connectivity index (χ0v) is 21.9. The minimum absolute atomic E-state index is 0.00266. The highest BCUT2D eigenvalue weighted by atomic mass is 32.2. The van der Waals surface area contributed by atoms with Crippen molar-refractivity contribution in [2.75, 3.05) is 23.7 Å². The summed E-state index contributed by atoms with van der Waals surface area (Å²) in [6.07, 6.45) is -3.24. The first-order valence-corrected chi connectivity index (χ1v) is 14.1. The molecule has 6 nitrogen and oxygen atoms in total. The van der Waals surface area contributed by atoms with Crippen molar-refractivity contribution in [3.05, 3.63) is 83.9 Å². The van der Waals surface area contributed by atoms with Crippen LogP contribution < -0.4 is 9.62 Å². The number of halogens is 3. The topological polar surface area (TPSA) is 89.9 Å². The Balaban J connectivity index is 1.73. The number of sulfonamides is 1. The molecule has 0 radical (unpaired) electrons. The molecule has 3 rings (SSSR count). The molecule has 0 heterocycles. The molecule has 0 fully saturated rings. The van der Waals surface area contributed by atoms with Crippen LogP contribution in [0, 0.1) is 0 Å². The highest BCUT2D eigenvalue weighted by molar-refractivity contribution is 7.98. The molecule has 3 aromatic rings. The Labute approximate surface area is 219 Å². The second kappa shape index (κ2) is 12.2. The molecule has 0 aromatic heterocycles. The van der Waals surface area contributed by atoms with E-state index in [1.807, 2.05) is 13.2 Å². The van der Waals surface area contributed by atoms with Gasteiger partial charge in [-0.1, -0.05) is 24.3 Å². The molecular formula is C26H29F3N2O4S2. The van der Waals surface area contributed by atoms with Crippen molar-refractivity contribution >= 4 is 27.5 Å². The number of benzene rings is 3. The third-order valence-corrected chi connectivity index (χ3v) is 8.44. The van der Waals surface area contributed by atoms with Gasteiger partial charge in [-0.05, 0) is 73.7 Å². The molecule has 0 amide bonds. The summed E-state index contributed by atoms with van der Waals surface area (Å²) >= 11 is 1.36. The zero-order chi connectivity index (χ0) is 27.2. The van der Waals surface area contributed by atoms with Gasteiger partial charge in [0.2, 0.25) is 0 Å². The maximum absolute atomic E-state index is 13.4. The Morgan fingerprint density at radius 2 is 1.68 bits per heavy atom. The molecule has 0 saturated heterocycles. The number of hydrogen-bond donors (Lipinski definition) is 3. The van der Waals surface area contributed by atoms with Gasteiger partial charge in [0.05, 0.1) is 22.3 Å². The summed E-state index contributed by atoms with van der Waals surface area (Å²) in [5.74, 6) is 0.132. The predicted octanol–water partition coefficient (Wildman–Crippen LogP) is 5.43. The largest absolute Gasteiger partial charge is 0.507 e. The van der Waals surface area contributed by atoms with E-state index in [-0.39, 0.29) is 35.5 Å². The predicted molar refractivity (Wildman–Crippen MR) is 139 cm³/mol. The number of aliphatic hydroxyl groups is 1. The lowest BCUT2D eigenvalue weighted by molar-refractivity contribution is -0.137. The van der Waals surface area contributed by atoms with Crippen LogP contribution in [0.5, 0.6) is 5.75 Å². The molecule has 37 heavy (non-hydrogen) atoms. The Bertz CT molecular complexity index is 1270. The van der Waals surface area contributed by atoms with Crippen LogP contribution in [0.1, 0.15) is 30.6 Å². The van der Waals surface area contributed by atoms with E-state index in [9.17, 15) is 31.8 Å². The summed E-state index contributed by atoms with van der Waals surface area (Å²) in [6.45, 7) is 2.02. The lowest BCUT2D eigenvalue weighted by Crippen LogP contribution is -2.37. The number of nitrogens with zero attached hydrogens (tertiary/aromatic N) is 1. The lowest BCUT2D eigenvalue weighted by atomic mass is 10.1. The minimum Gasteiger partial charge on any atom is -0.507 e. The minimum atomic E-state index is -4.53. The summed E-state index contributed by atoms with van der Waals surface area (Å²) in [7, 11) is -4.04. The molecule has 200 valence electrons. The summed E-state index contributed by atoms with van der Waals surface area (Å²) in [6, 6.07) is 16.4. The second-order valence-corrected chi connectivity index (χ2v) is 11.2. The normalized spacial score (nSPS) is 13.8. The van der Waals surface area contributed by atoms with Crippen LogP contribution in [0.4, 0.5) is 18.9 Å². The van der Waals surface area contributed by atoms with E-state index >= 15 is 0 Å². The molecular weight excluding hydrogens is 525 g/mol. The van der Waals surface area contributed by atoms with E-state index in [0.717, 1.165) is 28.6 Å². The van der Waals surface area contributed by atoms with Gasteiger partial charge in [0.25, 0.3) is 10.0 Å². The van der Waals surface area contributed by atoms with Gasteiger partial charge in [-0.15, -0.1) is 11.8 Å². The van der Waals surface area contributed by atoms with Crippen LogP contribution in [0.2, 0.25) is 0 Å². The monoisotopic (exact) mass is 554 g/mol. The standard InChI is InChI=1S/C26H29F3N2O4S2/c1-18(30-17-24(33)19-8-13-23(32)25(16-19)36-2)14-15-31(37(34,35)22-6-4-3-5-7-22)21-11-9-20(10-12-21)26(27,28)29/h3-13,16,18,24,30,32-33H,14-15,17H2,1-2H3. The van der Waals surface area contributed by atoms with Gasteiger partial charge >= 0.3 is 6.18 Å². The fraction of sp³-hybridized carbons (Fsp3) is 0.308. The van der Waals surface area contributed by atoms with E-state index in [1.54, 1.807) is 30.3 Å². The highest BCUT2D eigenvalue weighted by Gasteiger charge is 2.31. The van der Waals surface area contributed by atoms with Gasteiger partial charge in [0.1, 0.15) is 5.75 Å². The summed E-state index contributed by atoms with van der Waals surface area (Å²) in [5.41, 5.74) is -0.117.